The highest BCUT2D eigenvalue weighted by molar-refractivity contribution is 7.13. The number of methoxy groups -OCH3 is 3. The van der Waals surface area contributed by atoms with E-state index in [4.69, 9.17) is 19.9 Å². The molecule has 0 aliphatic carbocycles. The number of aromatic nitrogens is 1. The van der Waals surface area contributed by atoms with Crippen molar-refractivity contribution in [3.8, 4) is 27.8 Å². The second-order valence-corrected chi connectivity index (χ2v) is 6.26. The lowest BCUT2D eigenvalue weighted by molar-refractivity contribution is 0.103. The van der Waals surface area contributed by atoms with Crippen molar-refractivity contribution >= 4 is 22.8 Å². The predicted octanol–water partition coefficient (Wildman–Crippen LogP) is 3.65. The third-order valence-corrected chi connectivity index (χ3v) is 4.71. The van der Waals surface area contributed by atoms with Gasteiger partial charge in [-0.15, -0.1) is 11.3 Å². The van der Waals surface area contributed by atoms with Crippen LogP contribution in [0.2, 0.25) is 0 Å². The largest absolute Gasteiger partial charge is 0.493 e. The van der Waals surface area contributed by atoms with Gasteiger partial charge in [-0.25, -0.2) is 4.98 Å². The minimum atomic E-state index is -0.220. The molecule has 134 valence electrons. The second-order valence-electron chi connectivity index (χ2n) is 5.40. The van der Waals surface area contributed by atoms with Gasteiger partial charge >= 0.3 is 0 Å². The third-order valence-electron chi connectivity index (χ3n) is 3.82. The fraction of sp³-hybridized carbons (Fsp3) is 0.158. The Morgan fingerprint density at radius 1 is 1.00 bits per heavy atom. The molecule has 7 heteroatoms. The van der Waals surface area contributed by atoms with Crippen LogP contribution in [0.3, 0.4) is 0 Å². The monoisotopic (exact) mass is 370 g/mol. The van der Waals surface area contributed by atoms with E-state index in [9.17, 15) is 4.79 Å². The quantitative estimate of drug-likeness (QED) is 0.527. The van der Waals surface area contributed by atoms with E-state index in [1.54, 1.807) is 29.6 Å². The fourth-order valence-electron chi connectivity index (χ4n) is 2.50. The summed E-state index contributed by atoms with van der Waals surface area (Å²) in [5.41, 5.74) is 8.07. The number of nitrogens with two attached hydrogens (primary N) is 1. The summed E-state index contributed by atoms with van der Waals surface area (Å²) in [4.78, 5) is 17.3. The van der Waals surface area contributed by atoms with Gasteiger partial charge in [0.05, 0.1) is 21.3 Å². The van der Waals surface area contributed by atoms with Gasteiger partial charge in [0.1, 0.15) is 10.7 Å². The maximum Gasteiger partial charge on any atom is 0.212 e. The highest BCUT2D eigenvalue weighted by atomic mass is 32.1. The summed E-state index contributed by atoms with van der Waals surface area (Å²) < 4.78 is 15.9. The lowest BCUT2D eigenvalue weighted by Gasteiger charge is -2.13. The number of carbonyl (C=O) groups excluding carboxylic acids is 1. The minimum Gasteiger partial charge on any atom is -0.493 e. The Hall–Kier alpha value is -3.06. The maximum absolute atomic E-state index is 12.9. The van der Waals surface area contributed by atoms with Crippen LogP contribution in [-0.4, -0.2) is 32.1 Å². The first-order chi connectivity index (χ1) is 12.6. The van der Waals surface area contributed by atoms with E-state index in [1.165, 1.54) is 32.7 Å². The number of nitrogen functional groups attached to an aromatic ring is 1. The molecule has 0 aliphatic rings. The fourth-order valence-corrected chi connectivity index (χ4v) is 3.30. The molecule has 3 rings (SSSR count). The smallest absolute Gasteiger partial charge is 0.212 e. The van der Waals surface area contributed by atoms with E-state index in [0.717, 1.165) is 10.6 Å². The molecule has 1 heterocycles. The first-order valence-corrected chi connectivity index (χ1v) is 8.61. The lowest BCUT2D eigenvalue weighted by Crippen LogP contribution is -2.04. The van der Waals surface area contributed by atoms with Crippen LogP contribution in [0.5, 0.6) is 17.2 Å². The van der Waals surface area contributed by atoms with Crippen LogP contribution >= 0.6 is 11.3 Å². The van der Waals surface area contributed by atoms with Gasteiger partial charge in [0.25, 0.3) is 0 Å². The van der Waals surface area contributed by atoms with E-state index in [2.05, 4.69) is 4.98 Å². The average Bonchev–Trinajstić information content (AvgIpc) is 3.16. The van der Waals surface area contributed by atoms with Crippen LogP contribution in [0, 0.1) is 0 Å². The van der Waals surface area contributed by atoms with E-state index in [-0.39, 0.29) is 5.78 Å². The number of ether oxygens (including phenoxy) is 3. The van der Waals surface area contributed by atoms with E-state index >= 15 is 0 Å². The van der Waals surface area contributed by atoms with Crippen molar-refractivity contribution < 1.29 is 19.0 Å². The van der Waals surface area contributed by atoms with Crippen molar-refractivity contribution in [3.63, 3.8) is 0 Å². The van der Waals surface area contributed by atoms with Crippen molar-refractivity contribution in [2.75, 3.05) is 27.1 Å². The predicted molar refractivity (Wildman–Crippen MR) is 101 cm³/mol. The van der Waals surface area contributed by atoms with Crippen molar-refractivity contribution in [2.24, 2.45) is 0 Å². The van der Waals surface area contributed by atoms with Crippen LogP contribution in [0.4, 0.5) is 5.69 Å². The molecule has 0 radical (unpaired) electrons. The Bertz CT molecular complexity index is 910. The summed E-state index contributed by atoms with van der Waals surface area (Å²) in [6, 6.07) is 10.6. The molecular formula is C19H18N2O4S. The summed E-state index contributed by atoms with van der Waals surface area (Å²) >= 11 is 1.40. The number of rotatable bonds is 6. The minimum absolute atomic E-state index is 0.220. The molecule has 0 atom stereocenters. The number of carbonyl (C=O) groups is 1. The van der Waals surface area contributed by atoms with Crippen molar-refractivity contribution in [1.82, 2.24) is 4.98 Å². The van der Waals surface area contributed by atoms with Gasteiger partial charge in [0.2, 0.25) is 11.5 Å². The summed E-state index contributed by atoms with van der Waals surface area (Å²) in [5.74, 6) is 1.06. The summed E-state index contributed by atoms with van der Waals surface area (Å²) in [5, 5.41) is 2.48. The number of benzene rings is 2. The van der Waals surface area contributed by atoms with Gasteiger partial charge in [0.15, 0.2) is 11.5 Å². The molecule has 0 aliphatic heterocycles. The van der Waals surface area contributed by atoms with Gasteiger partial charge < -0.3 is 19.9 Å². The van der Waals surface area contributed by atoms with Crippen molar-refractivity contribution in [1.29, 1.82) is 0 Å². The zero-order chi connectivity index (χ0) is 18.7. The first-order valence-electron chi connectivity index (χ1n) is 7.73. The van der Waals surface area contributed by atoms with Gasteiger partial charge in [-0.3, -0.25) is 4.79 Å². The van der Waals surface area contributed by atoms with Crippen LogP contribution in [0.25, 0.3) is 10.6 Å². The highest BCUT2D eigenvalue weighted by Crippen LogP contribution is 2.39. The molecule has 0 spiro atoms. The second kappa shape index (κ2) is 7.45. The van der Waals surface area contributed by atoms with E-state index < -0.39 is 0 Å². The average molecular weight is 370 g/mol. The zero-order valence-electron chi connectivity index (χ0n) is 14.6. The van der Waals surface area contributed by atoms with E-state index in [1.807, 2.05) is 12.1 Å². The Labute approximate surface area is 155 Å². The molecule has 0 saturated heterocycles. The van der Waals surface area contributed by atoms with Crippen molar-refractivity contribution in [2.45, 2.75) is 0 Å². The number of nitrogens with zero attached hydrogens (tertiary/aromatic N) is 1. The van der Waals surface area contributed by atoms with Crippen LogP contribution in [-0.2, 0) is 0 Å². The first kappa shape index (κ1) is 17.8. The highest BCUT2D eigenvalue weighted by Gasteiger charge is 2.20. The molecule has 1 aromatic heterocycles. The molecule has 26 heavy (non-hydrogen) atoms. The molecule has 0 saturated carbocycles. The zero-order valence-corrected chi connectivity index (χ0v) is 15.4. The Morgan fingerprint density at radius 2 is 1.62 bits per heavy atom. The number of anilines is 1. The third kappa shape index (κ3) is 3.34. The molecule has 2 N–H and O–H groups in total. The number of hydrogen-bond acceptors (Lipinski definition) is 7. The molecule has 0 unspecified atom stereocenters. The molecular weight excluding hydrogens is 352 g/mol. The summed E-state index contributed by atoms with van der Waals surface area (Å²) in [6.45, 7) is 0. The number of hydrogen-bond donors (Lipinski definition) is 1. The SMILES string of the molecule is COc1cc(C(=O)c2csc(-c3ccc(N)cc3)n2)cc(OC)c1OC. The Balaban J connectivity index is 1.96. The summed E-state index contributed by atoms with van der Waals surface area (Å²) in [6.07, 6.45) is 0. The van der Waals surface area contributed by atoms with Crippen LogP contribution in [0.1, 0.15) is 16.1 Å². The molecule has 6 nitrogen and oxygen atoms in total. The van der Waals surface area contributed by atoms with E-state index in [0.29, 0.717) is 34.2 Å². The Kier molecular flexibility index (Phi) is 5.09. The van der Waals surface area contributed by atoms with Gasteiger partial charge in [0, 0.05) is 22.2 Å². The van der Waals surface area contributed by atoms with Crippen LogP contribution in [0.15, 0.2) is 41.8 Å². The maximum atomic E-state index is 12.9. The number of ketones is 1. The topological polar surface area (TPSA) is 83.7 Å². The standard InChI is InChI=1S/C19H18N2O4S/c1-23-15-8-12(9-16(24-2)18(15)25-3)17(22)14-10-26-19(21-14)11-4-6-13(20)7-5-11/h4-10H,20H2,1-3H3. The lowest BCUT2D eigenvalue weighted by atomic mass is 10.1. The molecule has 3 aromatic rings. The van der Waals surface area contributed by atoms with Gasteiger partial charge in [-0.1, -0.05) is 0 Å². The van der Waals surface area contributed by atoms with Crippen molar-refractivity contribution in [3.05, 3.63) is 53.0 Å². The van der Waals surface area contributed by atoms with Gasteiger partial charge in [-0.2, -0.15) is 0 Å². The van der Waals surface area contributed by atoms with Gasteiger partial charge in [-0.05, 0) is 36.4 Å². The molecule has 2 aromatic carbocycles. The Morgan fingerprint density at radius 3 is 2.15 bits per heavy atom. The summed E-state index contributed by atoms with van der Waals surface area (Å²) in [7, 11) is 4.53. The molecule has 0 amide bonds. The molecule has 0 bridgehead atoms. The molecule has 0 fully saturated rings. The normalized spacial score (nSPS) is 10.4. The van der Waals surface area contributed by atoms with Crippen LogP contribution < -0.4 is 19.9 Å². The number of thiazole rings is 1.